The highest BCUT2D eigenvalue weighted by molar-refractivity contribution is 5.59. The summed E-state index contributed by atoms with van der Waals surface area (Å²) in [4.78, 5) is 12.9. The molecular weight excluding hydrogens is 248 g/mol. The van der Waals surface area contributed by atoms with E-state index >= 15 is 0 Å². The number of hydrogen-bond donors (Lipinski definition) is 1. The van der Waals surface area contributed by atoms with Gasteiger partial charge < -0.3 is 15.0 Å². The molecule has 1 aliphatic rings. The monoisotopic (exact) mass is 280 g/mol. The number of nitrogens with one attached hydrogen (secondary N) is 1. The molecule has 1 N–H and O–H groups in total. The van der Waals surface area contributed by atoms with Crippen LogP contribution in [0.15, 0.2) is 36.6 Å². The molecule has 1 unspecified atom stereocenters. The van der Waals surface area contributed by atoms with Gasteiger partial charge in [-0.3, -0.25) is 0 Å². The predicted octanol–water partition coefficient (Wildman–Crippen LogP) is 3.40. The van der Waals surface area contributed by atoms with E-state index in [1.54, 1.807) is 0 Å². The van der Waals surface area contributed by atoms with Gasteiger partial charge in [-0.1, -0.05) is 51.7 Å². The van der Waals surface area contributed by atoms with Crippen molar-refractivity contribution in [2.75, 3.05) is 21.1 Å². The summed E-state index contributed by atoms with van der Waals surface area (Å²) in [5, 5.41) is 3.14. The first-order chi connectivity index (χ1) is 9.51. The number of carbonyl (C=O) groups is 1. The van der Waals surface area contributed by atoms with E-state index in [9.17, 15) is 4.79 Å². The third-order valence-corrected chi connectivity index (χ3v) is 2.42. The van der Waals surface area contributed by atoms with Gasteiger partial charge in [0.15, 0.2) is 0 Å². The van der Waals surface area contributed by atoms with Crippen molar-refractivity contribution in [1.82, 2.24) is 10.2 Å². The molecule has 0 saturated heterocycles. The largest absolute Gasteiger partial charge is 0.379 e. The summed E-state index contributed by atoms with van der Waals surface area (Å²) in [6.45, 7) is 9.87. The summed E-state index contributed by atoms with van der Waals surface area (Å²) < 4.78 is 0. The number of rotatable bonds is 5. The fourth-order valence-corrected chi connectivity index (χ4v) is 1.45. The highest BCUT2D eigenvalue weighted by Crippen LogP contribution is 2.15. The maximum absolute atomic E-state index is 10.9. The summed E-state index contributed by atoms with van der Waals surface area (Å²) in [5.41, 5.74) is 0.921. The minimum atomic E-state index is -0.136. The first-order valence-electron chi connectivity index (χ1n) is 7.35. The molecule has 116 valence electrons. The SMILES string of the molecule is C=C(CC)N[C@H](C=O)C1C=CC=CC1.CC.CN(C)C. The summed E-state index contributed by atoms with van der Waals surface area (Å²) in [7, 11) is 6.00. The smallest absolute Gasteiger partial charge is 0.142 e. The lowest BCUT2D eigenvalue weighted by Crippen LogP contribution is -2.36. The Hall–Kier alpha value is -1.35. The zero-order valence-electron chi connectivity index (χ0n) is 14.0. The topological polar surface area (TPSA) is 32.3 Å². The van der Waals surface area contributed by atoms with Crippen LogP contribution in [0.5, 0.6) is 0 Å². The van der Waals surface area contributed by atoms with Crippen LogP contribution in [0.25, 0.3) is 0 Å². The molecule has 0 spiro atoms. The Balaban J connectivity index is 0. The third kappa shape index (κ3) is 11.7. The zero-order chi connectivity index (χ0) is 16.0. The first kappa shape index (κ1) is 21.0. The Morgan fingerprint density at radius 2 is 1.95 bits per heavy atom. The number of hydrogen-bond acceptors (Lipinski definition) is 3. The zero-order valence-corrected chi connectivity index (χ0v) is 14.0. The summed E-state index contributed by atoms with van der Waals surface area (Å²) in [5.74, 6) is 0.265. The van der Waals surface area contributed by atoms with Crippen molar-refractivity contribution in [3.05, 3.63) is 36.6 Å². The van der Waals surface area contributed by atoms with Crippen molar-refractivity contribution in [3.8, 4) is 0 Å². The summed E-state index contributed by atoms with van der Waals surface area (Å²) in [6.07, 6.45) is 10.9. The molecule has 20 heavy (non-hydrogen) atoms. The molecule has 0 aromatic carbocycles. The standard InChI is InChI=1S/C12H17NO.C3H9N.C2H6/c1-3-10(2)13-12(9-14)11-7-5-4-6-8-11;1-4(2)3;1-2/h4-7,9,11-13H,2-3,8H2,1H3;1-3H3;1-2H3/t11?,12-;;/m1../s1. The van der Waals surface area contributed by atoms with E-state index in [0.29, 0.717) is 0 Å². The van der Waals surface area contributed by atoms with Gasteiger partial charge in [-0.25, -0.2) is 0 Å². The second-order valence-electron chi connectivity index (χ2n) is 4.82. The average molecular weight is 280 g/mol. The van der Waals surface area contributed by atoms with Crippen molar-refractivity contribution in [2.24, 2.45) is 5.92 Å². The van der Waals surface area contributed by atoms with E-state index in [1.165, 1.54) is 0 Å². The molecule has 3 nitrogen and oxygen atoms in total. The Morgan fingerprint density at radius 3 is 2.30 bits per heavy atom. The highest BCUT2D eigenvalue weighted by atomic mass is 16.1. The molecule has 0 radical (unpaired) electrons. The third-order valence-electron chi connectivity index (χ3n) is 2.42. The molecule has 0 amide bonds. The number of nitrogens with zero attached hydrogens (tertiary/aromatic N) is 1. The molecule has 1 rings (SSSR count). The van der Waals surface area contributed by atoms with Crippen molar-refractivity contribution in [1.29, 1.82) is 0 Å². The van der Waals surface area contributed by atoms with E-state index in [-0.39, 0.29) is 12.0 Å². The molecule has 0 aliphatic heterocycles. The van der Waals surface area contributed by atoms with E-state index in [0.717, 1.165) is 24.8 Å². The fourth-order valence-electron chi connectivity index (χ4n) is 1.45. The lowest BCUT2D eigenvalue weighted by Gasteiger charge is -2.22. The second-order valence-corrected chi connectivity index (χ2v) is 4.82. The minimum absolute atomic E-state index is 0.136. The van der Waals surface area contributed by atoms with Crippen molar-refractivity contribution < 1.29 is 4.79 Å². The van der Waals surface area contributed by atoms with E-state index in [4.69, 9.17) is 0 Å². The molecule has 0 saturated carbocycles. The predicted molar refractivity (Wildman–Crippen MR) is 89.8 cm³/mol. The van der Waals surface area contributed by atoms with Crippen LogP contribution in [-0.2, 0) is 4.79 Å². The Bertz CT molecular complexity index is 303. The van der Waals surface area contributed by atoms with Gasteiger partial charge in [0.05, 0.1) is 6.04 Å². The van der Waals surface area contributed by atoms with Crippen molar-refractivity contribution in [3.63, 3.8) is 0 Å². The average Bonchev–Trinajstić information content (AvgIpc) is 2.47. The quantitative estimate of drug-likeness (QED) is 0.783. The summed E-state index contributed by atoms with van der Waals surface area (Å²) >= 11 is 0. The maximum atomic E-state index is 10.9. The van der Waals surface area contributed by atoms with Gasteiger partial charge in [0, 0.05) is 11.6 Å². The second kappa shape index (κ2) is 14.1. The minimum Gasteiger partial charge on any atom is -0.379 e. The van der Waals surface area contributed by atoms with Gasteiger partial charge in [0.25, 0.3) is 0 Å². The van der Waals surface area contributed by atoms with Crippen LogP contribution in [0, 0.1) is 5.92 Å². The molecule has 0 heterocycles. The molecule has 0 fully saturated rings. The molecule has 0 bridgehead atoms. The van der Waals surface area contributed by atoms with Crippen LogP contribution in [0.2, 0.25) is 0 Å². The summed E-state index contributed by atoms with van der Waals surface area (Å²) in [6, 6.07) is -0.136. The highest BCUT2D eigenvalue weighted by Gasteiger charge is 2.18. The maximum Gasteiger partial charge on any atom is 0.142 e. The van der Waals surface area contributed by atoms with Gasteiger partial charge in [-0.15, -0.1) is 0 Å². The van der Waals surface area contributed by atoms with Crippen molar-refractivity contribution in [2.45, 2.75) is 39.7 Å². The van der Waals surface area contributed by atoms with Crippen LogP contribution in [0.1, 0.15) is 33.6 Å². The molecule has 0 aromatic rings. The molecule has 0 aromatic heterocycles. The van der Waals surface area contributed by atoms with Crippen LogP contribution in [0.4, 0.5) is 0 Å². The molecular formula is C17H32N2O. The van der Waals surface area contributed by atoms with E-state index in [2.05, 4.69) is 24.0 Å². The molecule has 3 heteroatoms. The normalized spacial score (nSPS) is 17.2. The van der Waals surface area contributed by atoms with Crippen molar-refractivity contribution >= 4 is 6.29 Å². The van der Waals surface area contributed by atoms with Crippen LogP contribution in [-0.4, -0.2) is 38.4 Å². The van der Waals surface area contributed by atoms with Gasteiger partial charge in [0.2, 0.25) is 0 Å². The fraction of sp³-hybridized carbons (Fsp3) is 0.588. The lowest BCUT2D eigenvalue weighted by atomic mass is 9.93. The Labute approximate surface area is 125 Å². The van der Waals surface area contributed by atoms with Crippen LogP contribution < -0.4 is 5.32 Å². The van der Waals surface area contributed by atoms with Crippen LogP contribution >= 0.6 is 0 Å². The van der Waals surface area contributed by atoms with Crippen LogP contribution in [0.3, 0.4) is 0 Å². The Kier molecular flexibility index (Phi) is 14.7. The van der Waals surface area contributed by atoms with Gasteiger partial charge >= 0.3 is 0 Å². The van der Waals surface area contributed by atoms with Gasteiger partial charge in [0.1, 0.15) is 6.29 Å². The van der Waals surface area contributed by atoms with Gasteiger partial charge in [-0.2, -0.15) is 0 Å². The van der Waals surface area contributed by atoms with E-state index < -0.39 is 0 Å². The molecule has 2 atom stereocenters. The lowest BCUT2D eigenvalue weighted by molar-refractivity contribution is -0.110. The molecule has 1 aliphatic carbocycles. The Morgan fingerprint density at radius 1 is 1.40 bits per heavy atom. The first-order valence-corrected chi connectivity index (χ1v) is 7.35. The number of aldehydes is 1. The van der Waals surface area contributed by atoms with E-state index in [1.807, 2.05) is 59.0 Å². The van der Waals surface area contributed by atoms with Gasteiger partial charge in [-0.05, 0) is 34.0 Å². The number of carbonyl (C=O) groups excluding carboxylic acids is 1. The number of allylic oxidation sites excluding steroid dienone is 4.